The van der Waals surface area contributed by atoms with Crippen molar-refractivity contribution >= 4 is 17.8 Å². The van der Waals surface area contributed by atoms with Crippen molar-refractivity contribution in [1.82, 2.24) is 9.99 Å². The molecule has 1 aromatic heterocycles. The fourth-order valence-corrected chi connectivity index (χ4v) is 3.10. The van der Waals surface area contributed by atoms with Crippen LogP contribution in [0.1, 0.15) is 34.0 Å². The first kappa shape index (κ1) is 22.4. The van der Waals surface area contributed by atoms with E-state index in [0.29, 0.717) is 18.7 Å². The first-order valence-corrected chi connectivity index (χ1v) is 9.88. The third-order valence-electron chi connectivity index (χ3n) is 4.56. The SMILES string of the molecule is CCOc1ccc(/C=N\NC(=O)c2cccn(Cc3cccc(C)c3)c2=O)cc1[N+](=O)[O-]. The summed E-state index contributed by atoms with van der Waals surface area (Å²) < 4.78 is 6.68. The number of carbonyl (C=O) groups excluding carboxylic acids is 1. The second kappa shape index (κ2) is 10.2. The van der Waals surface area contributed by atoms with Crippen LogP contribution in [0, 0.1) is 17.0 Å². The van der Waals surface area contributed by atoms with Crippen LogP contribution in [0.4, 0.5) is 5.69 Å². The summed E-state index contributed by atoms with van der Waals surface area (Å²) in [7, 11) is 0. The lowest BCUT2D eigenvalue weighted by atomic mass is 10.1. The summed E-state index contributed by atoms with van der Waals surface area (Å²) >= 11 is 0. The molecule has 0 aliphatic rings. The fraction of sp³-hybridized carbons (Fsp3) is 0.174. The molecule has 0 fully saturated rings. The number of aromatic nitrogens is 1. The number of hydrazone groups is 1. The van der Waals surface area contributed by atoms with Gasteiger partial charge in [-0.3, -0.25) is 19.7 Å². The molecular weight excluding hydrogens is 412 g/mol. The summed E-state index contributed by atoms with van der Waals surface area (Å²) in [6.07, 6.45) is 2.87. The number of hydrogen-bond donors (Lipinski definition) is 1. The molecule has 0 aliphatic carbocycles. The van der Waals surface area contributed by atoms with Crippen LogP contribution in [0.3, 0.4) is 0 Å². The van der Waals surface area contributed by atoms with E-state index in [1.54, 1.807) is 25.3 Å². The van der Waals surface area contributed by atoms with Crippen LogP contribution in [-0.4, -0.2) is 28.2 Å². The number of hydrogen-bond acceptors (Lipinski definition) is 6. The van der Waals surface area contributed by atoms with Crippen molar-refractivity contribution in [1.29, 1.82) is 0 Å². The quantitative estimate of drug-likeness (QED) is 0.332. The molecule has 2 aromatic carbocycles. The molecule has 164 valence electrons. The molecule has 0 spiro atoms. The Labute approximate surface area is 184 Å². The van der Waals surface area contributed by atoms with E-state index in [4.69, 9.17) is 4.74 Å². The molecule has 3 aromatic rings. The van der Waals surface area contributed by atoms with Gasteiger partial charge in [0, 0.05) is 17.8 Å². The normalized spacial score (nSPS) is 10.8. The van der Waals surface area contributed by atoms with Gasteiger partial charge in [-0.25, -0.2) is 5.43 Å². The Morgan fingerprint density at radius 2 is 2.03 bits per heavy atom. The molecule has 9 nitrogen and oxygen atoms in total. The molecule has 1 N–H and O–H groups in total. The molecule has 0 unspecified atom stereocenters. The van der Waals surface area contributed by atoms with Crippen molar-refractivity contribution in [2.75, 3.05) is 6.61 Å². The first-order chi connectivity index (χ1) is 15.4. The molecule has 0 aliphatic heterocycles. The number of pyridine rings is 1. The zero-order valence-corrected chi connectivity index (χ0v) is 17.6. The standard InChI is InChI=1S/C23H22N4O5/c1-3-32-21-10-9-17(13-20(21)27(30)31)14-24-25-22(28)19-8-5-11-26(23(19)29)15-18-7-4-6-16(2)12-18/h4-14H,3,15H2,1-2H3,(H,25,28)/b24-14-. The average Bonchev–Trinajstić information content (AvgIpc) is 2.76. The van der Waals surface area contributed by atoms with Gasteiger partial charge in [-0.2, -0.15) is 5.10 Å². The van der Waals surface area contributed by atoms with Gasteiger partial charge in [-0.05, 0) is 43.7 Å². The van der Waals surface area contributed by atoms with Crippen LogP contribution in [0.5, 0.6) is 5.75 Å². The lowest BCUT2D eigenvalue weighted by molar-refractivity contribution is -0.385. The third kappa shape index (κ3) is 5.45. The van der Waals surface area contributed by atoms with E-state index in [1.165, 1.54) is 29.0 Å². The highest BCUT2D eigenvalue weighted by molar-refractivity contribution is 5.94. The number of carbonyl (C=O) groups is 1. The van der Waals surface area contributed by atoms with Crippen molar-refractivity contribution in [2.24, 2.45) is 5.10 Å². The minimum Gasteiger partial charge on any atom is -0.487 e. The van der Waals surface area contributed by atoms with Crippen molar-refractivity contribution in [3.63, 3.8) is 0 Å². The minimum atomic E-state index is -0.676. The zero-order chi connectivity index (χ0) is 23.1. The summed E-state index contributed by atoms with van der Waals surface area (Å²) in [6.45, 7) is 4.32. The van der Waals surface area contributed by atoms with Gasteiger partial charge in [-0.1, -0.05) is 29.8 Å². The van der Waals surface area contributed by atoms with E-state index in [1.807, 2.05) is 31.2 Å². The van der Waals surface area contributed by atoms with E-state index < -0.39 is 16.4 Å². The highest BCUT2D eigenvalue weighted by Crippen LogP contribution is 2.27. The Hall–Kier alpha value is -4.27. The molecule has 0 saturated heterocycles. The summed E-state index contributed by atoms with van der Waals surface area (Å²) in [5, 5.41) is 15.0. The minimum absolute atomic E-state index is 0.0602. The second-order valence-corrected chi connectivity index (χ2v) is 6.96. The van der Waals surface area contributed by atoms with Gasteiger partial charge in [-0.15, -0.1) is 0 Å². The van der Waals surface area contributed by atoms with Crippen LogP contribution in [0.2, 0.25) is 0 Å². The van der Waals surface area contributed by atoms with E-state index in [9.17, 15) is 19.7 Å². The molecule has 9 heteroatoms. The van der Waals surface area contributed by atoms with Gasteiger partial charge in [0.25, 0.3) is 11.5 Å². The van der Waals surface area contributed by atoms with E-state index in [2.05, 4.69) is 10.5 Å². The lowest BCUT2D eigenvalue weighted by Gasteiger charge is -2.08. The van der Waals surface area contributed by atoms with E-state index in [-0.39, 0.29) is 17.0 Å². The van der Waals surface area contributed by atoms with Crippen molar-refractivity contribution in [3.05, 3.63) is 104 Å². The van der Waals surface area contributed by atoms with Crippen LogP contribution in [-0.2, 0) is 6.54 Å². The number of nitrogens with zero attached hydrogens (tertiary/aromatic N) is 3. The van der Waals surface area contributed by atoms with Crippen LogP contribution in [0.15, 0.2) is 70.7 Å². The lowest BCUT2D eigenvalue weighted by Crippen LogP contribution is -2.30. The molecule has 1 heterocycles. The van der Waals surface area contributed by atoms with Gasteiger partial charge in [0.05, 0.1) is 24.3 Å². The highest BCUT2D eigenvalue weighted by atomic mass is 16.6. The molecule has 0 saturated carbocycles. The number of amides is 1. The van der Waals surface area contributed by atoms with Gasteiger partial charge >= 0.3 is 5.69 Å². The number of nitro benzene ring substituents is 1. The first-order valence-electron chi connectivity index (χ1n) is 9.88. The van der Waals surface area contributed by atoms with Gasteiger partial charge in [0.1, 0.15) is 5.56 Å². The number of ether oxygens (including phenoxy) is 1. The topological polar surface area (TPSA) is 116 Å². The predicted molar refractivity (Wildman–Crippen MR) is 120 cm³/mol. The van der Waals surface area contributed by atoms with Crippen LogP contribution >= 0.6 is 0 Å². The Kier molecular flexibility index (Phi) is 7.12. The fourth-order valence-electron chi connectivity index (χ4n) is 3.10. The maximum atomic E-state index is 12.7. The average molecular weight is 434 g/mol. The summed E-state index contributed by atoms with van der Waals surface area (Å²) in [4.78, 5) is 35.8. The maximum Gasteiger partial charge on any atom is 0.311 e. The number of nitrogens with one attached hydrogen (secondary N) is 1. The van der Waals surface area contributed by atoms with Gasteiger partial charge < -0.3 is 9.30 Å². The number of nitro groups is 1. The molecule has 32 heavy (non-hydrogen) atoms. The highest BCUT2D eigenvalue weighted by Gasteiger charge is 2.15. The summed E-state index contributed by atoms with van der Waals surface area (Å²) in [6, 6.07) is 15.1. The number of benzene rings is 2. The number of rotatable bonds is 8. The van der Waals surface area contributed by atoms with Gasteiger partial charge in [0.15, 0.2) is 5.75 Å². The largest absolute Gasteiger partial charge is 0.487 e. The van der Waals surface area contributed by atoms with Crippen LogP contribution < -0.4 is 15.7 Å². The van der Waals surface area contributed by atoms with Crippen molar-refractivity contribution in [2.45, 2.75) is 20.4 Å². The molecule has 1 amide bonds. The summed E-state index contributed by atoms with van der Waals surface area (Å²) in [5.74, 6) is -0.526. The van der Waals surface area contributed by atoms with Crippen molar-refractivity contribution in [3.8, 4) is 5.75 Å². The van der Waals surface area contributed by atoms with Gasteiger partial charge in [0.2, 0.25) is 0 Å². The molecule has 0 atom stereocenters. The van der Waals surface area contributed by atoms with E-state index >= 15 is 0 Å². The predicted octanol–water partition coefficient (Wildman–Crippen LogP) is 3.28. The van der Waals surface area contributed by atoms with E-state index in [0.717, 1.165) is 11.1 Å². The Morgan fingerprint density at radius 1 is 1.22 bits per heavy atom. The molecule has 0 bridgehead atoms. The zero-order valence-electron chi connectivity index (χ0n) is 17.6. The Morgan fingerprint density at radius 3 is 2.75 bits per heavy atom. The second-order valence-electron chi connectivity index (χ2n) is 6.96. The monoisotopic (exact) mass is 434 g/mol. The number of aryl methyl sites for hydroxylation is 1. The Balaban J connectivity index is 1.74. The van der Waals surface area contributed by atoms with Crippen molar-refractivity contribution < 1.29 is 14.5 Å². The Bertz CT molecular complexity index is 1230. The smallest absolute Gasteiger partial charge is 0.311 e. The molecular formula is C23H22N4O5. The third-order valence-corrected chi connectivity index (χ3v) is 4.56. The maximum absolute atomic E-state index is 12.7. The molecule has 0 radical (unpaired) electrons. The molecule has 3 rings (SSSR count). The summed E-state index contributed by atoms with van der Waals surface area (Å²) in [5.41, 5.74) is 4.00. The van der Waals surface area contributed by atoms with Crippen LogP contribution in [0.25, 0.3) is 0 Å².